The van der Waals surface area contributed by atoms with Crippen molar-refractivity contribution < 1.29 is 9.47 Å². The first-order valence-electron chi connectivity index (χ1n) is 5.92. The predicted molar refractivity (Wildman–Crippen MR) is 78.3 cm³/mol. The van der Waals surface area contributed by atoms with Crippen molar-refractivity contribution in [2.45, 2.75) is 12.8 Å². The molecule has 0 N–H and O–H groups in total. The van der Waals surface area contributed by atoms with Crippen LogP contribution in [0.5, 0.6) is 5.75 Å². The third kappa shape index (κ3) is 3.47. The van der Waals surface area contributed by atoms with Crippen molar-refractivity contribution in [3.8, 4) is 5.75 Å². The van der Waals surface area contributed by atoms with E-state index in [4.69, 9.17) is 32.7 Å². The molecule has 1 aromatic carbocycles. The van der Waals surface area contributed by atoms with E-state index in [-0.39, 0.29) is 5.41 Å². The first-order valence-corrected chi connectivity index (χ1v) is 7.30. The Morgan fingerprint density at radius 2 is 1.94 bits per heavy atom. The molecule has 0 aliphatic carbocycles. The first-order chi connectivity index (χ1) is 8.65. The second-order valence-electron chi connectivity index (χ2n) is 4.64. The molecular weight excluding hydrogens is 291 g/mol. The highest BCUT2D eigenvalue weighted by Crippen LogP contribution is 2.33. The van der Waals surface area contributed by atoms with Crippen LogP contribution in [0.3, 0.4) is 0 Å². The van der Waals surface area contributed by atoms with Crippen LogP contribution in [0.25, 0.3) is 0 Å². The Morgan fingerprint density at radius 3 is 2.56 bits per heavy atom. The average Bonchev–Trinajstić information content (AvgIpc) is 2.41. The van der Waals surface area contributed by atoms with Crippen molar-refractivity contribution in [1.29, 1.82) is 0 Å². The first kappa shape index (κ1) is 14.3. The molecule has 1 aliphatic heterocycles. The van der Waals surface area contributed by atoms with Crippen molar-refractivity contribution >= 4 is 35.8 Å². The van der Waals surface area contributed by atoms with E-state index < -0.39 is 0 Å². The van der Waals surface area contributed by atoms with E-state index in [0.29, 0.717) is 16.7 Å². The van der Waals surface area contributed by atoms with Crippen LogP contribution >= 0.6 is 35.8 Å². The van der Waals surface area contributed by atoms with Gasteiger partial charge in [-0.15, -0.1) is 0 Å². The Hall–Kier alpha value is -0.0900. The van der Waals surface area contributed by atoms with E-state index in [1.807, 2.05) is 6.07 Å². The molecule has 2 nitrogen and oxygen atoms in total. The molecule has 0 amide bonds. The standard InChI is InChI=1S/C13H16Cl2O2S/c14-11-2-1-10(7-12(11)15)17-8-13(9-18)3-5-16-6-4-13/h1-2,7,18H,3-6,8-9H2. The molecule has 1 fully saturated rings. The number of halogens is 2. The van der Waals surface area contributed by atoms with E-state index in [1.165, 1.54) is 0 Å². The summed E-state index contributed by atoms with van der Waals surface area (Å²) in [5.41, 5.74) is 0.105. The van der Waals surface area contributed by atoms with E-state index in [0.717, 1.165) is 37.6 Å². The number of benzene rings is 1. The largest absolute Gasteiger partial charge is 0.493 e. The minimum absolute atomic E-state index is 0.105. The zero-order chi connectivity index (χ0) is 13.0. The normalized spacial score (nSPS) is 18.6. The number of rotatable bonds is 4. The van der Waals surface area contributed by atoms with Gasteiger partial charge in [0.1, 0.15) is 5.75 Å². The molecule has 2 rings (SSSR count). The number of hydrogen-bond donors (Lipinski definition) is 1. The van der Waals surface area contributed by atoms with Gasteiger partial charge in [0.25, 0.3) is 0 Å². The van der Waals surface area contributed by atoms with Crippen LogP contribution in [0.2, 0.25) is 10.0 Å². The second-order valence-corrected chi connectivity index (χ2v) is 5.77. The van der Waals surface area contributed by atoms with E-state index >= 15 is 0 Å². The summed E-state index contributed by atoms with van der Waals surface area (Å²) < 4.78 is 11.2. The summed E-state index contributed by atoms with van der Waals surface area (Å²) in [4.78, 5) is 0. The molecule has 100 valence electrons. The van der Waals surface area contributed by atoms with Gasteiger partial charge in [0.05, 0.1) is 16.7 Å². The molecule has 0 radical (unpaired) electrons. The monoisotopic (exact) mass is 306 g/mol. The van der Waals surface area contributed by atoms with Crippen molar-refractivity contribution in [1.82, 2.24) is 0 Å². The quantitative estimate of drug-likeness (QED) is 0.844. The van der Waals surface area contributed by atoms with Crippen LogP contribution in [0.15, 0.2) is 18.2 Å². The van der Waals surface area contributed by atoms with Gasteiger partial charge in [0.15, 0.2) is 0 Å². The molecule has 1 aromatic rings. The Morgan fingerprint density at radius 1 is 1.22 bits per heavy atom. The molecule has 18 heavy (non-hydrogen) atoms. The summed E-state index contributed by atoms with van der Waals surface area (Å²) in [6, 6.07) is 5.33. The van der Waals surface area contributed by atoms with Crippen molar-refractivity contribution in [2.24, 2.45) is 5.41 Å². The predicted octanol–water partition coefficient (Wildman–Crippen LogP) is 4.10. The minimum Gasteiger partial charge on any atom is -0.493 e. The summed E-state index contributed by atoms with van der Waals surface area (Å²) in [6.07, 6.45) is 1.97. The molecule has 1 saturated heterocycles. The summed E-state index contributed by atoms with van der Waals surface area (Å²) >= 11 is 16.3. The summed E-state index contributed by atoms with van der Waals surface area (Å²) in [5.74, 6) is 1.55. The molecule has 1 heterocycles. The van der Waals surface area contributed by atoms with E-state index in [2.05, 4.69) is 12.6 Å². The third-order valence-electron chi connectivity index (χ3n) is 3.32. The Bertz CT molecular complexity index is 406. The zero-order valence-corrected chi connectivity index (χ0v) is 12.4. The van der Waals surface area contributed by atoms with Crippen molar-refractivity contribution in [2.75, 3.05) is 25.6 Å². The van der Waals surface area contributed by atoms with Crippen molar-refractivity contribution in [3.63, 3.8) is 0 Å². The lowest BCUT2D eigenvalue weighted by atomic mass is 9.83. The van der Waals surface area contributed by atoms with Gasteiger partial charge in [-0.2, -0.15) is 12.6 Å². The second kappa shape index (κ2) is 6.38. The number of hydrogen-bond acceptors (Lipinski definition) is 3. The van der Waals surface area contributed by atoms with Crippen LogP contribution in [-0.2, 0) is 4.74 Å². The fraction of sp³-hybridized carbons (Fsp3) is 0.538. The van der Waals surface area contributed by atoms with E-state index in [1.54, 1.807) is 12.1 Å². The van der Waals surface area contributed by atoms with Crippen LogP contribution in [-0.4, -0.2) is 25.6 Å². The van der Waals surface area contributed by atoms with Crippen molar-refractivity contribution in [3.05, 3.63) is 28.2 Å². The van der Waals surface area contributed by atoms with Gasteiger partial charge in [0.2, 0.25) is 0 Å². The SMILES string of the molecule is SCC1(COc2ccc(Cl)c(Cl)c2)CCOCC1. The van der Waals surface area contributed by atoms with Crippen LogP contribution in [0, 0.1) is 5.41 Å². The molecule has 0 aromatic heterocycles. The smallest absolute Gasteiger partial charge is 0.120 e. The molecule has 0 spiro atoms. The van der Waals surface area contributed by atoms with Gasteiger partial charge in [-0.3, -0.25) is 0 Å². The van der Waals surface area contributed by atoms with Crippen LogP contribution in [0.1, 0.15) is 12.8 Å². The van der Waals surface area contributed by atoms with E-state index in [9.17, 15) is 0 Å². The Kier molecular flexibility index (Phi) is 5.07. The van der Waals surface area contributed by atoms with Gasteiger partial charge in [0, 0.05) is 24.7 Å². The number of ether oxygens (including phenoxy) is 2. The molecule has 5 heteroatoms. The highest BCUT2D eigenvalue weighted by atomic mass is 35.5. The Labute approximate surface area is 123 Å². The van der Waals surface area contributed by atoms with Gasteiger partial charge in [-0.25, -0.2) is 0 Å². The topological polar surface area (TPSA) is 18.5 Å². The highest BCUT2D eigenvalue weighted by Gasteiger charge is 2.32. The molecular formula is C13H16Cl2O2S. The molecule has 0 saturated carbocycles. The van der Waals surface area contributed by atoms with Gasteiger partial charge in [-0.1, -0.05) is 23.2 Å². The fourth-order valence-electron chi connectivity index (χ4n) is 1.96. The molecule has 0 bridgehead atoms. The van der Waals surface area contributed by atoms with Gasteiger partial charge < -0.3 is 9.47 Å². The van der Waals surface area contributed by atoms with Crippen LogP contribution < -0.4 is 4.74 Å². The zero-order valence-electron chi connectivity index (χ0n) is 9.99. The highest BCUT2D eigenvalue weighted by molar-refractivity contribution is 7.80. The lowest BCUT2D eigenvalue weighted by Gasteiger charge is -2.35. The Balaban J connectivity index is 1.98. The molecule has 0 atom stereocenters. The summed E-state index contributed by atoms with van der Waals surface area (Å²) in [5, 5.41) is 1.06. The third-order valence-corrected chi connectivity index (χ3v) is 4.73. The molecule has 0 unspecified atom stereocenters. The fourth-order valence-corrected chi connectivity index (χ4v) is 2.65. The maximum Gasteiger partial charge on any atom is 0.120 e. The number of thiol groups is 1. The molecule has 1 aliphatic rings. The van der Waals surface area contributed by atoms with Crippen LogP contribution in [0.4, 0.5) is 0 Å². The lowest BCUT2D eigenvalue weighted by molar-refractivity contribution is 0.00311. The summed E-state index contributed by atoms with van der Waals surface area (Å²) in [6.45, 7) is 2.20. The minimum atomic E-state index is 0.105. The summed E-state index contributed by atoms with van der Waals surface area (Å²) in [7, 11) is 0. The van der Waals surface area contributed by atoms with Gasteiger partial charge in [-0.05, 0) is 30.7 Å². The lowest BCUT2D eigenvalue weighted by Crippen LogP contribution is -2.36. The maximum atomic E-state index is 5.96. The average molecular weight is 307 g/mol. The van der Waals surface area contributed by atoms with Gasteiger partial charge >= 0.3 is 0 Å². The maximum absolute atomic E-state index is 5.96.